The fourth-order valence-electron chi connectivity index (χ4n) is 2.24. The molecule has 0 atom stereocenters. The van der Waals surface area contributed by atoms with Gasteiger partial charge in [-0.1, -0.05) is 58.1 Å². The number of carbonyl (C=O) groups is 2. The normalized spacial score (nSPS) is 16.0. The standard InChI is InChI=1S/C17H10BrNO3S2/c18-11-5-7-12(8-6-11)19-15(20)14(24-17(19)23)9-10-3-1-2-4-13(10)16(21)22/h1-9H,(H,21,22)/b14-9+. The van der Waals surface area contributed by atoms with Gasteiger partial charge in [-0.25, -0.2) is 4.79 Å². The molecule has 1 heterocycles. The van der Waals surface area contributed by atoms with Crippen LogP contribution in [0.5, 0.6) is 0 Å². The highest BCUT2D eigenvalue weighted by Crippen LogP contribution is 2.36. The smallest absolute Gasteiger partial charge is 0.336 e. The topological polar surface area (TPSA) is 57.6 Å². The van der Waals surface area contributed by atoms with Gasteiger partial charge in [0.1, 0.15) is 0 Å². The molecule has 1 amide bonds. The van der Waals surface area contributed by atoms with E-state index in [4.69, 9.17) is 12.2 Å². The van der Waals surface area contributed by atoms with Crippen LogP contribution in [0.2, 0.25) is 0 Å². The zero-order valence-corrected chi connectivity index (χ0v) is 15.3. The number of aromatic carboxylic acids is 1. The van der Waals surface area contributed by atoms with Crippen molar-refractivity contribution in [3.63, 3.8) is 0 Å². The van der Waals surface area contributed by atoms with Gasteiger partial charge >= 0.3 is 5.97 Å². The van der Waals surface area contributed by atoms with Gasteiger partial charge in [0, 0.05) is 4.47 Å². The molecule has 0 spiro atoms. The lowest BCUT2D eigenvalue weighted by Gasteiger charge is -2.14. The van der Waals surface area contributed by atoms with Crippen LogP contribution in [-0.2, 0) is 4.79 Å². The maximum absolute atomic E-state index is 12.7. The van der Waals surface area contributed by atoms with Crippen molar-refractivity contribution in [1.82, 2.24) is 0 Å². The number of halogens is 1. The van der Waals surface area contributed by atoms with Crippen LogP contribution < -0.4 is 4.90 Å². The minimum Gasteiger partial charge on any atom is -0.478 e. The number of hydrogen-bond acceptors (Lipinski definition) is 4. The third kappa shape index (κ3) is 3.28. The first-order valence-electron chi connectivity index (χ1n) is 6.83. The number of amides is 1. The molecular weight excluding hydrogens is 410 g/mol. The number of anilines is 1. The number of thiocarbonyl (C=S) groups is 1. The largest absolute Gasteiger partial charge is 0.478 e. The molecule has 2 aromatic carbocycles. The summed E-state index contributed by atoms with van der Waals surface area (Å²) in [7, 11) is 0. The molecular formula is C17H10BrNO3S2. The molecule has 24 heavy (non-hydrogen) atoms. The Morgan fingerprint density at radius 2 is 1.83 bits per heavy atom. The zero-order chi connectivity index (χ0) is 17.3. The first-order chi connectivity index (χ1) is 11.5. The van der Waals surface area contributed by atoms with Gasteiger partial charge in [-0.2, -0.15) is 0 Å². The molecule has 2 aromatic rings. The third-order valence-electron chi connectivity index (χ3n) is 3.36. The summed E-state index contributed by atoms with van der Waals surface area (Å²) < 4.78 is 1.32. The minimum absolute atomic E-state index is 0.145. The lowest BCUT2D eigenvalue weighted by Crippen LogP contribution is -2.27. The van der Waals surface area contributed by atoms with Crippen LogP contribution in [0.3, 0.4) is 0 Å². The van der Waals surface area contributed by atoms with E-state index in [1.807, 2.05) is 12.1 Å². The van der Waals surface area contributed by atoms with Gasteiger partial charge in [-0.15, -0.1) is 0 Å². The van der Waals surface area contributed by atoms with Crippen LogP contribution >= 0.6 is 39.9 Å². The van der Waals surface area contributed by atoms with E-state index in [1.165, 1.54) is 11.0 Å². The first-order valence-corrected chi connectivity index (χ1v) is 8.85. The highest BCUT2D eigenvalue weighted by molar-refractivity contribution is 9.10. The molecule has 1 fully saturated rings. The Labute approximate surface area is 156 Å². The number of carboxylic acid groups (broad SMARTS) is 1. The second-order valence-electron chi connectivity index (χ2n) is 4.89. The van der Waals surface area contributed by atoms with Crippen LogP contribution in [0.1, 0.15) is 15.9 Å². The summed E-state index contributed by atoms with van der Waals surface area (Å²) in [5.74, 6) is -1.29. The van der Waals surface area contributed by atoms with E-state index in [2.05, 4.69) is 15.9 Å². The second kappa shape index (κ2) is 6.88. The SMILES string of the molecule is O=C(O)c1ccccc1/C=C1/SC(=S)N(c2ccc(Br)cc2)C1=O. The van der Waals surface area contributed by atoms with E-state index in [-0.39, 0.29) is 11.5 Å². The molecule has 0 saturated carbocycles. The monoisotopic (exact) mass is 419 g/mol. The van der Waals surface area contributed by atoms with Crippen LogP contribution in [0.4, 0.5) is 5.69 Å². The van der Waals surface area contributed by atoms with Crippen molar-refractivity contribution in [3.05, 3.63) is 69.0 Å². The maximum atomic E-state index is 12.7. The van der Waals surface area contributed by atoms with Crippen LogP contribution in [0, 0.1) is 0 Å². The summed E-state index contributed by atoms with van der Waals surface area (Å²) in [6.07, 6.45) is 1.57. The second-order valence-corrected chi connectivity index (χ2v) is 7.48. The molecule has 7 heteroatoms. The quantitative estimate of drug-likeness (QED) is 0.583. The van der Waals surface area contributed by atoms with Crippen molar-refractivity contribution < 1.29 is 14.7 Å². The predicted octanol–water partition coefficient (Wildman–Crippen LogP) is 4.55. The van der Waals surface area contributed by atoms with Crippen LogP contribution in [-0.4, -0.2) is 21.3 Å². The number of rotatable bonds is 3. The Balaban J connectivity index is 1.97. The molecule has 0 aliphatic carbocycles. The minimum atomic E-state index is -1.04. The molecule has 0 aromatic heterocycles. The Morgan fingerprint density at radius 3 is 2.50 bits per heavy atom. The summed E-state index contributed by atoms with van der Waals surface area (Å²) in [6.45, 7) is 0. The van der Waals surface area contributed by atoms with Gasteiger partial charge in [0.05, 0.1) is 16.2 Å². The third-order valence-corrected chi connectivity index (χ3v) is 5.19. The van der Waals surface area contributed by atoms with Gasteiger partial charge in [-0.05, 0) is 42.0 Å². The molecule has 3 rings (SSSR count). The summed E-state index contributed by atoms with van der Waals surface area (Å²) in [6, 6.07) is 13.8. The van der Waals surface area contributed by atoms with Crippen molar-refractivity contribution in [2.24, 2.45) is 0 Å². The lowest BCUT2D eigenvalue weighted by atomic mass is 10.1. The summed E-state index contributed by atoms with van der Waals surface area (Å²) in [5.41, 5.74) is 1.29. The van der Waals surface area contributed by atoms with Crippen molar-refractivity contribution >= 4 is 67.9 Å². The molecule has 120 valence electrons. The molecule has 1 saturated heterocycles. The van der Waals surface area contributed by atoms with E-state index >= 15 is 0 Å². The van der Waals surface area contributed by atoms with E-state index in [1.54, 1.807) is 36.4 Å². The Kier molecular flexibility index (Phi) is 4.84. The Hall–Kier alpha value is -1.96. The Morgan fingerprint density at radius 1 is 1.17 bits per heavy atom. The van der Waals surface area contributed by atoms with E-state index in [0.717, 1.165) is 16.2 Å². The van der Waals surface area contributed by atoms with Crippen LogP contribution in [0.15, 0.2) is 57.9 Å². The fraction of sp³-hybridized carbons (Fsp3) is 0. The molecule has 1 aliphatic heterocycles. The van der Waals surface area contributed by atoms with Crippen molar-refractivity contribution in [2.45, 2.75) is 0 Å². The maximum Gasteiger partial charge on any atom is 0.336 e. The van der Waals surface area contributed by atoms with Gasteiger partial charge < -0.3 is 5.11 Å². The van der Waals surface area contributed by atoms with E-state index in [9.17, 15) is 14.7 Å². The number of benzene rings is 2. The highest BCUT2D eigenvalue weighted by Gasteiger charge is 2.33. The first kappa shape index (κ1) is 16.9. The lowest BCUT2D eigenvalue weighted by molar-refractivity contribution is -0.113. The molecule has 1 aliphatic rings. The molecule has 0 radical (unpaired) electrons. The highest BCUT2D eigenvalue weighted by atomic mass is 79.9. The van der Waals surface area contributed by atoms with E-state index < -0.39 is 5.97 Å². The number of nitrogens with zero attached hydrogens (tertiary/aromatic N) is 1. The van der Waals surface area contributed by atoms with Gasteiger partial charge in [0.25, 0.3) is 5.91 Å². The number of hydrogen-bond donors (Lipinski definition) is 1. The number of carboxylic acids is 1. The van der Waals surface area contributed by atoms with Crippen molar-refractivity contribution in [2.75, 3.05) is 4.90 Å². The van der Waals surface area contributed by atoms with Crippen LogP contribution in [0.25, 0.3) is 6.08 Å². The summed E-state index contributed by atoms with van der Waals surface area (Å²) >= 11 is 9.82. The summed E-state index contributed by atoms with van der Waals surface area (Å²) in [4.78, 5) is 25.8. The molecule has 1 N–H and O–H groups in total. The zero-order valence-electron chi connectivity index (χ0n) is 12.1. The molecule has 0 bridgehead atoms. The predicted molar refractivity (Wildman–Crippen MR) is 103 cm³/mol. The van der Waals surface area contributed by atoms with Crippen molar-refractivity contribution in [1.29, 1.82) is 0 Å². The number of thioether (sulfide) groups is 1. The molecule has 0 unspecified atom stereocenters. The van der Waals surface area contributed by atoms with Gasteiger partial charge in [0.15, 0.2) is 4.32 Å². The summed E-state index contributed by atoms with van der Waals surface area (Å²) in [5, 5.41) is 9.25. The average molecular weight is 420 g/mol. The van der Waals surface area contributed by atoms with Gasteiger partial charge in [-0.3, -0.25) is 9.69 Å². The Bertz CT molecular complexity index is 878. The average Bonchev–Trinajstić information content (AvgIpc) is 2.83. The fourth-order valence-corrected chi connectivity index (χ4v) is 3.79. The van der Waals surface area contributed by atoms with Gasteiger partial charge in [0.2, 0.25) is 0 Å². The van der Waals surface area contributed by atoms with E-state index in [0.29, 0.717) is 20.5 Å². The van der Waals surface area contributed by atoms with Crippen molar-refractivity contribution in [3.8, 4) is 0 Å². The molecule has 4 nitrogen and oxygen atoms in total. The number of carbonyl (C=O) groups excluding carboxylic acids is 1.